The van der Waals surface area contributed by atoms with Crippen molar-refractivity contribution < 1.29 is 108 Å². The molecule has 0 bridgehead atoms. The number of hydrogen-bond acceptors (Lipinski definition) is 22. The van der Waals surface area contributed by atoms with Crippen LogP contribution in [0.25, 0.3) is 0 Å². The third-order valence-corrected chi connectivity index (χ3v) is 10.9. The Balaban J connectivity index is 1.73. The molecule has 0 aromatic carbocycles. The molecule has 0 saturated carbocycles. The number of nitrogens with one attached hydrogen (secondary N) is 3. The van der Waals surface area contributed by atoms with Gasteiger partial charge in [-0.05, 0) is 27.2 Å². The van der Waals surface area contributed by atoms with Gasteiger partial charge in [0.25, 0.3) is 0 Å². The zero-order chi connectivity index (χ0) is 49.5. The van der Waals surface area contributed by atoms with Crippen LogP contribution in [-0.2, 0) is 37.9 Å². The Bertz CT molecular complexity index is 1540. The average Bonchev–Trinajstić information content (AvgIpc) is 3.24. The fraction of sp³-hybridized carbons (Fsp3) is 0.868. The number of ether oxygens (including phenoxy) is 8. The first kappa shape index (κ1) is 57.0. The van der Waals surface area contributed by atoms with Gasteiger partial charge in [0.05, 0.1) is 88.1 Å². The molecule has 17 unspecified atom stereocenters. The highest BCUT2D eigenvalue weighted by Gasteiger charge is 2.48. The summed E-state index contributed by atoms with van der Waals surface area (Å²) in [5.74, 6) is -0.978. The Hall–Kier alpha value is -3.37. The Morgan fingerprint density at radius 2 is 1.05 bits per heavy atom. The van der Waals surface area contributed by atoms with Crippen molar-refractivity contribution in [1.29, 1.82) is 0 Å². The van der Waals surface area contributed by atoms with Crippen molar-refractivity contribution in [1.82, 2.24) is 16.0 Å². The van der Waals surface area contributed by atoms with Crippen molar-refractivity contribution in [2.75, 3.05) is 72.5 Å². The van der Waals surface area contributed by atoms with E-state index in [9.17, 15) is 70.6 Å². The number of aliphatic hydroxyl groups is 11. The second kappa shape index (κ2) is 27.0. The zero-order valence-corrected chi connectivity index (χ0v) is 36.9. The van der Waals surface area contributed by atoms with Gasteiger partial charge >= 0.3 is 18.1 Å². The first-order valence-corrected chi connectivity index (χ1v) is 21.2. The van der Waals surface area contributed by atoms with Crippen LogP contribution in [0.15, 0.2) is 11.3 Å². The lowest BCUT2D eigenvalue weighted by Gasteiger charge is -2.44. The molecule has 0 aromatic rings. The smallest absolute Gasteiger partial charge is 0.312 e. The quantitative estimate of drug-likeness (QED) is 0.0358. The van der Waals surface area contributed by atoms with E-state index in [2.05, 4.69) is 16.0 Å². The third kappa shape index (κ3) is 17.9. The minimum absolute atomic E-state index is 0.0412. The summed E-state index contributed by atoms with van der Waals surface area (Å²) in [5, 5.41) is 123. The van der Waals surface area contributed by atoms with Crippen LogP contribution >= 0.6 is 0 Å². The highest BCUT2D eigenvalue weighted by molar-refractivity contribution is 5.72. The summed E-state index contributed by atoms with van der Waals surface area (Å²) < 4.78 is 46.1. The molecule has 0 aliphatic carbocycles. The molecule has 3 rings (SSSR count). The summed E-state index contributed by atoms with van der Waals surface area (Å²) in [5.41, 5.74) is 13.8. The number of primary amides is 3. The molecule has 6 amide bonds. The van der Waals surface area contributed by atoms with Crippen LogP contribution in [0.4, 0.5) is 14.4 Å². The molecular weight excluding hydrogens is 892 g/mol. The number of rotatable bonds is 26. The zero-order valence-electron chi connectivity index (χ0n) is 36.9. The highest BCUT2D eigenvalue weighted by atomic mass is 16.6. The molecule has 3 saturated heterocycles. The van der Waals surface area contributed by atoms with E-state index in [1.165, 1.54) is 6.92 Å². The maximum Gasteiger partial charge on any atom is 0.312 e. The van der Waals surface area contributed by atoms with Crippen molar-refractivity contribution in [3.63, 3.8) is 0 Å². The van der Waals surface area contributed by atoms with Gasteiger partial charge in [-0.25, -0.2) is 14.4 Å². The van der Waals surface area contributed by atoms with Gasteiger partial charge in [-0.2, -0.15) is 0 Å². The SMILES string of the molecule is C/C(OCC1OC(COCC(O)CNC(N)=O)C(O)C(O)C1O)=C1\C(COCC(O)CNC(N)=O)OC(COC(C)(C)CC2C(COCC(O)CNC(N)=O)OC(O)C(O)C2O)C(O)C1O. The van der Waals surface area contributed by atoms with E-state index in [0.29, 0.717) is 0 Å². The van der Waals surface area contributed by atoms with E-state index in [1.54, 1.807) is 13.8 Å². The van der Waals surface area contributed by atoms with E-state index in [4.69, 9.17) is 55.1 Å². The van der Waals surface area contributed by atoms with Crippen LogP contribution in [0.3, 0.4) is 0 Å². The van der Waals surface area contributed by atoms with Crippen LogP contribution in [0, 0.1) is 5.92 Å². The maximum atomic E-state index is 11.5. The first-order valence-electron chi connectivity index (χ1n) is 21.2. The minimum atomic E-state index is -1.78. The maximum absolute atomic E-state index is 11.5. The summed E-state index contributed by atoms with van der Waals surface area (Å²) in [4.78, 5) is 33.0. The predicted octanol–water partition coefficient (Wildman–Crippen LogP) is -8.01. The van der Waals surface area contributed by atoms with Gasteiger partial charge in [-0.15, -0.1) is 0 Å². The molecule has 3 aliphatic heterocycles. The van der Waals surface area contributed by atoms with Gasteiger partial charge in [0.15, 0.2) is 6.29 Å². The molecular formula is C38H70N6O22. The molecule has 3 heterocycles. The van der Waals surface area contributed by atoms with Gasteiger partial charge < -0.3 is 127 Å². The monoisotopic (exact) mass is 962 g/mol. The summed E-state index contributed by atoms with van der Waals surface area (Å²) in [7, 11) is 0. The predicted molar refractivity (Wildman–Crippen MR) is 220 cm³/mol. The Kier molecular flexibility index (Phi) is 23.3. The molecule has 3 aliphatic rings. The summed E-state index contributed by atoms with van der Waals surface area (Å²) in [6, 6.07) is -2.61. The molecule has 384 valence electrons. The second-order valence-electron chi connectivity index (χ2n) is 16.9. The fourth-order valence-electron chi connectivity index (χ4n) is 7.37. The van der Waals surface area contributed by atoms with Gasteiger partial charge in [0.2, 0.25) is 0 Å². The van der Waals surface area contributed by atoms with Crippen LogP contribution in [-0.4, -0.2) is 250 Å². The Labute approximate surface area is 379 Å². The molecule has 28 heteroatoms. The van der Waals surface area contributed by atoms with Crippen molar-refractivity contribution >= 4 is 18.1 Å². The van der Waals surface area contributed by atoms with Gasteiger partial charge in [-0.3, -0.25) is 0 Å². The number of carbonyl (C=O) groups excluding carboxylic acids is 3. The van der Waals surface area contributed by atoms with Crippen LogP contribution in [0.5, 0.6) is 0 Å². The Morgan fingerprint density at radius 1 is 0.591 bits per heavy atom. The van der Waals surface area contributed by atoms with Gasteiger partial charge in [0.1, 0.15) is 67.6 Å². The number of nitrogens with two attached hydrogens (primary N) is 3. The number of hydrogen-bond donors (Lipinski definition) is 17. The normalized spacial score (nSPS) is 33.8. The van der Waals surface area contributed by atoms with Crippen molar-refractivity contribution in [3.8, 4) is 0 Å². The minimum Gasteiger partial charge on any atom is -0.495 e. The molecule has 0 aromatic heterocycles. The van der Waals surface area contributed by atoms with Gasteiger partial charge in [0, 0.05) is 31.1 Å². The highest BCUT2D eigenvalue weighted by Crippen LogP contribution is 2.35. The Morgan fingerprint density at radius 3 is 1.55 bits per heavy atom. The largest absolute Gasteiger partial charge is 0.495 e. The lowest BCUT2D eigenvalue weighted by atomic mass is 9.81. The number of amides is 6. The van der Waals surface area contributed by atoms with E-state index in [1.807, 2.05) is 0 Å². The fourth-order valence-corrected chi connectivity index (χ4v) is 7.37. The summed E-state index contributed by atoms with van der Waals surface area (Å²) >= 11 is 0. The molecule has 0 radical (unpaired) electrons. The van der Waals surface area contributed by atoms with E-state index in [0.717, 1.165) is 0 Å². The lowest BCUT2D eigenvalue weighted by Crippen LogP contribution is -2.60. The van der Waals surface area contributed by atoms with E-state index < -0.39 is 134 Å². The number of carbonyl (C=O) groups is 3. The van der Waals surface area contributed by atoms with E-state index in [-0.39, 0.29) is 83.6 Å². The topological polar surface area (TPSA) is 462 Å². The molecule has 28 nitrogen and oxygen atoms in total. The standard InChI is InChI=1S/C38H70N6O22/c1-16(62-14-24-30(51)32(53)29(50)23(65-24)13-61-10-19(47)7-44-37(41)58)26-22(12-60-9-18(46)6-43-36(40)57)64-25(28(49)31(26)52)15-63-38(2,3)4-20-21(66-34(55)33(54)27(20)48)11-59-8-17(45)5-42-35(39)56/h17-25,27-34,45-55H,4-15H2,1-3H3,(H3,39,42,56)(H3,40,43,57)(H3,41,44,58)/b26-16-. The molecule has 0 spiro atoms. The summed E-state index contributed by atoms with van der Waals surface area (Å²) in [6.07, 6.45) is -23.1. The molecule has 17 atom stereocenters. The van der Waals surface area contributed by atoms with Crippen LogP contribution in [0.1, 0.15) is 27.2 Å². The first-order chi connectivity index (χ1) is 30.9. The van der Waals surface area contributed by atoms with E-state index >= 15 is 0 Å². The third-order valence-electron chi connectivity index (χ3n) is 10.9. The van der Waals surface area contributed by atoms with Gasteiger partial charge in [-0.1, -0.05) is 0 Å². The molecule has 66 heavy (non-hydrogen) atoms. The lowest BCUT2D eigenvalue weighted by molar-refractivity contribution is -0.283. The van der Waals surface area contributed by atoms with Crippen LogP contribution in [0.2, 0.25) is 0 Å². The average molecular weight is 963 g/mol. The van der Waals surface area contributed by atoms with Crippen LogP contribution < -0.4 is 33.2 Å². The number of aliphatic hydroxyl groups excluding tert-OH is 11. The number of urea groups is 3. The van der Waals surface area contributed by atoms with Crippen molar-refractivity contribution in [2.45, 2.75) is 131 Å². The van der Waals surface area contributed by atoms with Crippen molar-refractivity contribution in [3.05, 3.63) is 11.3 Å². The summed E-state index contributed by atoms with van der Waals surface area (Å²) in [6.45, 7) is 1.08. The second-order valence-corrected chi connectivity index (χ2v) is 16.9. The number of allylic oxidation sites excluding steroid dienone is 1. The molecule has 20 N–H and O–H groups in total. The van der Waals surface area contributed by atoms with Crippen molar-refractivity contribution in [2.24, 2.45) is 23.1 Å². The molecule has 3 fully saturated rings.